The Morgan fingerprint density at radius 3 is 2.75 bits per heavy atom. The van der Waals surface area contributed by atoms with Crippen LogP contribution in [-0.2, 0) is 11.3 Å². The van der Waals surface area contributed by atoms with Gasteiger partial charge in [0.05, 0.1) is 24.8 Å². The number of hydrogen-bond donors (Lipinski definition) is 1. The van der Waals surface area contributed by atoms with Gasteiger partial charge in [0.1, 0.15) is 17.2 Å². The molecule has 7 nitrogen and oxygen atoms in total. The fourth-order valence-corrected chi connectivity index (χ4v) is 3.37. The molecule has 0 saturated heterocycles. The van der Waals surface area contributed by atoms with Crippen LogP contribution in [0, 0.1) is 0 Å². The Morgan fingerprint density at radius 1 is 1.18 bits per heavy atom. The lowest BCUT2D eigenvalue weighted by Crippen LogP contribution is -2.23. The van der Waals surface area contributed by atoms with E-state index in [4.69, 9.17) is 9.47 Å². The van der Waals surface area contributed by atoms with Crippen LogP contribution < -0.4 is 20.3 Å². The first-order valence-electron chi connectivity index (χ1n) is 8.74. The molecule has 2 heterocycles. The minimum absolute atomic E-state index is 0.172. The molecule has 2 aromatic heterocycles. The van der Waals surface area contributed by atoms with Crippen LogP contribution in [0.5, 0.6) is 11.5 Å². The first-order valence-corrected chi connectivity index (χ1v) is 9.62. The summed E-state index contributed by atoms with van der Waals surface area (Å²) in [5, 5.41) is 9.17. The first-order chi connectivity index (χ1) is 13.6. The second kappa shape index (κ2) is 9.18. The van der Waals surface area contributed by atoms with Crippen molar-refractivity contribution in [1.29, 1.82) is 0 Å². The number of rotatable bonds is 8. The number of carbonyl (C=O) groups is 1. The number of ether oxygens (including phenoxy) is 2. The van der Waals surface area contributed by atoms with Gasteiger partial charge in [-0.05, 0) is 36.1 Å². The molecular formula is C20H21N3O4S. The number of amides is 1. The third-order valence-electron chi connectivity index (χ3n) is 4.09. The molecule has 3 rings (SSSR count). The van der Waals surface area contributed by atoms with Crippen LogP contribution in [0.2, 0.25) is 0 Å². The molecule has 8 heteroatoms. The molecule has 1 N–H and O–H groups in total. The summed E-state index contributed by atoms with van der Waals surface area (Å²) in [6.45, 7) is 0.362. The van der Waals surface area contributed by atoms with E-state index in [1.807, 2.05) is 17.5 Å². The van der Waals surface area contributed by atoms with E-state index in [2.05, 4.69) is 10.4 Å². The van der Waals surface area contributed by atoms with Crippen molar-refractivity contribution in [3.63, 3.8) is 0 Å². The highest BCUT2D eigenvalue weighted by molar-refractivity contribution is 7.13. The predicted octanol–water partition coefficient (Wildman–Crippen LogP) is 3.41. The van der Waals surface area contributed by atoms with E-state index < -0.39 is 0 Å². The van der Waals surface area contributed by atoms with E-state index in [9.17, 15) is 9.59 Å². The maximum Gasteiger partial charge on any atom is 0.266 e. The molecule has 1 aromatic carbocycles. The summed E-state index contributed by atoms with van der Waals surface area (Å²) in [5.41, 5.74) is 1.11. The van der Waals surface area contributed by atoms with Crippen LogP contribution in [0.3, 0.4) is 0 Å². The molecule has 0 aliphatic rings. The summed E-state index contributed by atoms with van der Waals surface area (Å²) in [6.07, 6.45) is 0.733. The van der Waals surface area contributed by atoms with E-state index in [1.54, 1.807) is 42.7 Å². The third kappa shape index (κ3) is 4.77. The molecule has 1 amide bonds. The lowest BCUT2D eigenvalue weighted by atomic mass is 10.2. The molecule has 0 radical (unpaired) electrons. The molecule has 28 heavy (non-hydrogen) atoms. The van der Waals surface area contributed by atoms with Gasteiger partial charge in [-0.2, -0.15) is 5.10 Å². The number of carbonyl (C=O) groups excluding carboxylic acids is 1. The molecule has 0 unspecified atom stereocenters. The summed E-state index contributed by atoms with van der Waals surface area (Å²) >= 11 is 1.56. The summed E-state index contributed by atoms with van der Waals surface area (Å²) < 4.78 is 11.8. The topological polar surface area (TPSA) is 82.4 Å². The fourth-order valence-electron chi connectivity index (χ4n) is 2.68. The van der Waals surface area contributed by atoms with Gasteiger partial charge < -0.3 is 14.8 Å². The van der Waals surface area contributed by atoms with Gasteiger partial charge in [-0.25, -0.2) is 4.68 Å². The molecule has 0 spiro atoms. The lowest BCUT2D eigenvalue weighted by Gasteiger charge is -2.12. The zero-order valence-corrected chi connectivity index (χ0v) is 16.5. The summed E-state index contributed by atoms with van der Waals surface area (Å²) in [5.74, 6) is 1.00. The summed E-state index contributed by atoms with van der Waals surface area (Å²) in [6, 6.07) is 12.3. The van der Waals surface area contributed by atoms with Crippen LogP contribution in [-0.4, -0.2) is 29.9 Å². The highest BCUT2D eigenvalue weighted by Crippen LogP contribution is 2.29. The zero-order chi connectivity index (χ0) is 19.9. The molecule has 0 aliphatic heterocycles. The van der Waals surface area contributed by atoms with Crippen molar-refractivity contribution < 1.29 is 14.3 Å². The number of thiophene rings is 1. The predicted molar refractivity (Wildman–Crippen MR) is 109 cm³/mol. The summed E-state index contributed by atoms with van der Waals surface area (Å²) in [7, 11) is 3.10. The third-order valence-corrected chi connectivity index (χ3v) is 4.99. The number of nitrogens with zero attached hydrogens (tertiary/aromatic N) is 2. The normalized spacial score (nSPS) is 10.5. The Kier molecular flexibility index (Phi) is 6.44. The minimum atomic E-state index is -0.185. The maximum atomic E-state index is 12.3. The van der Waals surface area contributed by atoms with Crippen LogP contribution in [0.1, 0.15) is 12.8 Å². The average molecular weight is 399 g/mol. The molecule has 0 fully saturated rings. The van der Waals surface area contributed by atoms with E-state index >= 15 is 0 Å². The van der Waals surface area contributed by atoms with Crippen LogP contribution in [0.4, 0.5) is 5.69 Å². The fraction of sp³-hybridized carbons (Fsp3) is 0.250. The van der Waals surface area contributed by atoms with Gasteiger partial charge >= 0.3 is 0 Å². The van der Waals surface area contributed by atoms with E-state index in [-0.39, 0.29) is 17.9 Å². The number of aryl methyl sites for hydroxylation is 1. The van der Waals surface area contributed by atoms with Gasteiger partial charge in [0.15, 0.2) is 0 Å². The van der Waals surface area contributed by atoms with E-state index in [0.717, 1.165) is 10.6 Å². The number of hydrogen-bond acceptors (Lipinski definition) is 6. The average Bonchev–Trinajstić information content (AvgIpc) is 3.24. The Hall–Kier alpha value is -3.13. The molecular weight excluding hydrogens is 378 g/mol. The van der Waals surface area contributed by atoms with Gasteiger partial charge in [0.2, 0.25) is 5.91 Å². The second-order valence-corrected chi connectivity index (χ2v) is 6.92. The molecule has 0 aliphatic carbocycles. The largest absolute Gasteiger partial charge is 0.497 e. The zero-order valence-electron chi connectivity index (χ0n) is 15.7. The Morgan fingerprint density at radius 2 is 2.04 bits per heavy atom. The van der Waals surface area contributed by atoms with Crippen molar-refractivity contribution in [3.8, 4) is 22.1 Å². The van der Waals surface area contributed by atoms with Crippen molar-refractivity contribution in [2.45, 2.75) is 19.4 Å². The number of benzene rings is 1. The number of methoxy groups -OCH3 is 2. The van der Waals surface area contributed by atoms with Gasteiger partial charge in [-0.3, -0.25) is 9.59 Å². The van der Waals surface area contributed by atoms with Crippen molar-refractivity contribution in [3.05, 3.63) is 58.2 Å². The number of anilines is 1. The first kappa shape index (κ1) is 19.6. The van der Waals surface area contributed by atoms with Crippen molar-refractivity contribution in [2.75, 3.05) is 19.5 Å². The number of nitrogens with one attached hydrogen (secondary N) is 1. The van der Waals surface area contributed by atoms with E-state index in [1.165, 1.54) is 17.9 Å². The van der Waals surface area contributed by atoms with Crippen molar-refractivity contribution >= 4 is 22.9 Å². The number of aromatic nitrogens is 2. The monoisotopic (exact) mass is 399 g/mol. The quantitative estimate of drug-likeness (QED) is 0.628. The van der Waals surface area contributed by atoms with Gasteiger partial charge in [0, 0.05) is 25.1 Å². The van der Waals surface area contributed by atoms with Crippen LogP contribution in [0.15, 0.2) is 52.6 Å². The second-order valence-electron chi connectivity index (χ2n) is 5.98. The van der Waals surface area contributed by atoms with E-state index in [0.29, 0.717) is 30.2 Å². The van der Waals surface area contributed by atoms with Gasteiger partial charge in [-0.1, -0.05) is 6.07 Å². The van der Waals surface area contributed by atoms with Crippen LogP contribution in [0.25, 0.3) is 10.6 Å². The van der Waals surface area contributed by atoms with Gasteiger partial charge in [0.25, 0.3) is 5.56 Å². The molecule has 0 atom stereocenters. The van der Waals surface area contributed by atoms with Crippen LogP contribution >= 0.6 is 11.3 Å². The highest BCUT2D eigenvalue weighted by atomic mass is 32.1. The molecule has 0 bridgehead atoms. The Balaban J connectivity index is 1.60. The summed E-state index contributed by atoms with van der Waals surface area (Å²) in [4.78, 5) is 25.3. The SMILES string of the molecule is COc1ccc(OC)c(NC(=O)CCCn2nc(-c3cccs3)ccc2=O)c1. The Bertz CT molecular complexity index is 999. The standard InChI is InChI=1S/C20H21N3O4S/c1-26-14-7-9-17(27-2)16(13-14)21-19(24)6-3-11-23-20(25)10-8-15(22-23)18-5-4-12-28-18/h4-5,7-10,12-13H,3,6,11H2,1-2H3,(H,21,24). The van der Waals surface area contributed by atoms with Crippen molar-refractivity contribution in [2.24, 2.45) is 0 Å². The van der Waals surface area contributed by atoms with Gasteiger partial charge in [-0.15, -0.1) is 11.3 Å². The minimum Gasteiger partial charge on any atom is -0.497 e. The molecule has 146 valence electrons. The Labute approximate surface area is 166 Å². The van der Waals surface area contributed by atoms with Crippen molar-refractivity contribution in [1.82, 2.24) is 9.78 Å². The molecule has 0 saturated carbocycles. The highest BCUT2D eigenvalue weighted by Gasteiger charge is 2.10. The maximum absolute atomic E-state index is 12.3. The lowest BCUT2D eigenvalue weighted by molar-refractivity contribution is -0.116. The smallest absolute Gasteiger partial charge is 0.266 e. The molecule has 3 aromatic rings.